The lowest BCUT2D eigenvalue weighted by molar-refractivity contribution is -0.145. The Labute approximate surface area is 119 Å². The van der Waals surface area contributed by atoms with E-state index in [0.29, 0.717) is 36.9 Å². The summed E-state index contributed by atoms with van der Waals surface area (Å²) in [5.41, 5.74) is 0.678. The summed E-state index contributed by atoms with van der Waals surface area (Å²) in [6.07, 6.45) is 0. The maximum absolute atomic E-state index is 11.5. The maximum atomic E-state index is 11.5. The van der Waals surface area contributed by atoms with E-state index in [-0.39, 0.29) is 0 Å². The molecule has 1 fully saturated rings. The van der Waals surface area contributed by atoms with Crippen molar-refractivity contribution >= 4 is 33.5 Å². The normalized spacial score (nSPS) is 18.6. The summed E-state index contributed by atoms with van der Waals surface area (Å²) < 4.78 is 6.00. The number of hydrogen-bond donors (Lipinski definition) is 1. The molecule has 6 heteroatoms. The van der Waals surface area contributed by atoms with Crippen LogP contribution in [0.3, 0.4) is 0 Å². The van der Waals surface area contributed by atoms with Crippen LogP contribution in [0.25, 0.3) is 0 Å². The Balaban J connectivity index is 2.34. The van der Waals surface area contributed by atoms with Gasteiger partial charge in [0.2, 0.25) is 0 Å². The summed E-state index contributed by atoms with van der Waals surface area (Å²) >= 11 is 9.33. The number of benzene rings is 1. The average molecular weight is 335 g/mol. The average Bonchev–Trinajstić information content (AvgIpc) is 2.35. The van der Waals surface area contributed by atoms with Gasteiger partial charge in [0, 0.05) is 22.6 Å². The van der Waals surface area contributed by atoms with E-state index in [9.17, 15) is 9.90 Å². The van der Waals surface area contributed by atoms with E-state index in [1.54, 1.807) is 18.2 Å². The fourth-order valence-electron chi connectivity index (χ4n) is 2.05. The molecule has 0 amide bonds. The second-order valence-corrected chi connectivity index (χ2v) is 5.35. The molecular weight excluding hydrogens is 321 g/mol. The first kappa shape index (κ1) is 13.8. The fraction of sp³-hybridized carbons (Fsp3) is 0.417. The molecule has 1 aliphatic rings. The van der Waals surface area contributed by atoms with Crippen molar-refractivity contribution in [3.63, 3.8) is 0 Å². The van der Waals surface area contributed by atoms with Gasteiger partial charge in [-0.05, 0) is 23.8 Å². The number of nitrogens with zero attached hydrogens (tertiary/aromatic N) is 1. The number of hydrogen-bond acceptors (Lipinski definition) is 3. The van der Waals surface area contributed by atoms with E-state index in [1.807, 2.05) is 4.90 Å². The monoisotopic (exact) mass is 333 g/mol. The molecule has 0 aromatic heterocycles. The molecule has 1 unspecified atom stereocenters. The predicted molar refractivity (Wildman–Crippen MR) is 71.9 cm³/mol. The summed E-state index contributed by atoms with van der Waals surface area (Å²) in [5, 5.41) is 9.98. The number of rotatable bonds is 3. The van der Waals surface area contributed by atoms with Gasteiger partial charge in [-0.1, -0.05) is 27.5 Å². The molecule has 0 spiro atoms. The van der Waals surface area contributed by atoms with E-state index >= 15 is 0 Å². The van der Waals surface area contributed by atoms with E-state index < -0.39 is 12.0 Å². The molecule has 1 aliphatic heterocycles. The molecule has 1 aromatic carbocycles. The van der Waals surface area contributed by atoms with Gasteiger partial charge in [-0.3, -0.25) is 9.69 Å². The van der Waals surface area contributed by atoms with Gasteiger partial charge in [0.25, 0.3) is 0 Å². The second-order valence-electron chi connectivity index (χ2n) is 4.05. The van der Waals surface area contributed by atoms with Gasteiger partial charge < -0.3 is 9.84 Å². The lowest BCUT2D eigenvalue weighted by Crippen LogP contribution is -2.42. The van der Waals surface area contributed by atoms with Crippen LogP contribution < -0.4 is 0 Å². The van der Waals surface area contributed by atoms with Crippen molar-refractivity contribution in [2.75, 3.05) is 26.3 Å². The Morgan fingerprint density at radius 3 is 2.72 bits per heavy atom. The topological polar surface area (TPSA) is 49.8 Å². The summed E-state index contributed by atoms with van der Waals surface area (Å²) in [5.74, 6) is -0.875. The van der Waals surface area contributed by atoms with Crippen molar-refractivity contribution in [2.45, 2.75) is 6.04 Å². The molecule has 0 bridgehead atoms. The highest BCUT2D eigenvalue weighted by molar-refractivity contribution is 9.10. The van der Waals surface area contributed by atoms with Gasteiger partial charge >= 0.3 is 5.97 Å². The van der Waals surface area contributed by atoms with Crippen molar-refractivity contribution < 1.29 is 14.6 Å². The highest BCUT2D eigenvalue weighted by Crippen LogP contribution is 2.31. The van der Waals surface area contributed by atoms with Crippen LogP contribution in [0.5, 0.6) is 0 Å². The first-order valence-electron chi connectivity index (χ1n) is 5.59. The Kier molecular flexibility index (Phi) is 4.61. The van der Waals surface area contributed by atoms with Gasteiger partial charge in [-0.25, -0.2) is 0 Å². The molecule has 2 rings (SSSR count). The summed E-state index contributed by atoms with van der Waals surface area (Å²) in [6.45, 7) is 2.33. The van der Waals surface area contributed by atoms with Gasteiger partial charge in [-0.15, -0.1) is 0 Å². The van der Waals surface area contributed by atoms with Gasteiger partial charge in [0.15, 0.2) is 0 Å². The molecular formula is C12H13BrClNO3. The van der Waals surface area contributed by atoms with Crippen LogP contribution in [0.1, 0.15) is 11.6 Å². The fourth-order valence-corrected chi connectivity index (χ4v) is 2.69. The van der Waals surface area contributed by atoms with Crippen LogP contribution in [-0.4, -0.2) is 42.3 Å². The highest BCUT2D eigenvalue weighted by Gasteiger charge is 2.30. The number of ether oxygens (including phenoxy) is 1. The van der Waals surface area contributed by atoms with E-state index in [4.69, 9.17) is 16.3 Å². The lowest BCUT2D eigenvalue weighted by Gasteiger charge is -2.32. The first-order chi connectivity index (χ1) is 8.59. The Morgan fingerprint density at radius 2 is 2.11 bits per heavy atom. The summed E-state index contributed by atoms with van der Waals surface area (Å²) in [4.78, 5) is 13.4. The van der Waals surface area contributed by atoms with Crippen molar-refractivity contribution in [2.24, 2.45) is 0 Å². The van der Waals surface area contributed by atoms with E-state index in [1.165, 1.54) is 0 Å². The van der Waals surface area contributed by atoms with Crippen LogP contribution in [-0.2, 0) is 9.53 Å². The largest absolute Gasteiger partial charge is 0.480 e. The van der Waals surface area contributed by atoms with Crippen LogP contribution in [0.4, 0.5) is 0 Å². The van der Waals surface area contributed by atoms with Crippen LogP contribution in [0.15, 0.2) is 22.7 Å². The molecule has 1 heterocycles. The third kappa shape index (κ3) is 3.03. The second kappa shape index (κ2) is 6.02. The molecule has 1 aromatic rings. The lowest BCUT2D eigenvalue weighted by atomic mass is 10.1. The molecule has 18 heavy (non-hydrogen) atoms. The van der Waals surface area contributed by atoms with E-state index in [2.05, 4.69) is 15.9 Å². The van der Waals surface area contributed by atoms with Crippen LogP contribution >= 0.6 is 27.5 Å². The van der Waals surface area contributed by atoms with Gasteiger partial charge in [0.05, 0.1) is 13.2 Å². The van der Waals surface area contributed by atoms with Crippen molar-refractivity contribution in [1.82, 2.24) is 4.90 Å². The number of carbonyl (C=O) groups is 1. The maximum Gasteiger partial charge on any atom is 0.325 e. The minimum Gasteiger partial charge on any atom is -0.480 e. The molecule has 0 aliphatic carbocycles. The minimum absolute atomic E-state index is 0.535. The molecule has 0 saturated carbocycles. The molecule has 1 saturated heterocycles. The molecule has 0 radical (unpaired) electrons. The van der Waals surface area contributed by atoms with Gasteiger partial charge in [-0.2, -0.15) is 0 Å². The SMILES string of the molecule is O=C(O)C(c1cc(Cl)ccc1Br)N1CCOCC1. The molecule has 1 atom stereocenters. The van der Waals surface area contributed by atoms with Crippen LogP contribution in [0, 0.1) is 0 Å². The zero-order valence-corrected chi connectivity index (χ0v) is 11.9. The predicted octanol–water partition coefficient (Wildman–Crippen LogP) is 2.56. The number of carboxylic acid groups (broad SMARTS) is 1. The Morgan fingerprint density at radius 1 is 1.44 bits per heavy atom. The first-order valence-corrected chi connectivity index (χ1v) is 6.76. The van der Waals surface area contributed by atoms with Crippen molar-refractivity contribution in [3.8, 4) is 0 Å². The summed E-state index contributed by atoms with van der Waals surface area (Å²) in [6, 6.07) is 4.50. The smallest absolute Gasteiger partial charge is 0.325 e. The van der Waals surface area contributed by atoms with Crippen LogP contribution in [0.2, 0.25) is 5.02 Å². The number of carboxylic acids is 1. The standard InChI is InChI=1S/C12H13BrClNO3/c13-10-2-1-8(14)7-9(10)11(12(16)17)15-3-5-18-6-4-15/h1-2,7,11H,3-6H2,(H,16,17). The number of aliphatic carboxylic acids is 1. The third-order valence-corrected chi connectivity index (χ3v) is 3.85. The molecule has 1 N–H and O–H groups in total. The zero-order valence-electron chi connectivity index (χ0n) is 9.60. The highest BCUT2D eigenvalue weighted by atomic mass is 79.9. The number of morpholine rings is 1. The number of halogens is 2. The minimum atomic E-state index is -0.875. The summed E-state index contributed by atoms with van der Waals surface area (Å²) in [7, 11) is 0. The molecule has 4 nitrogen and oxygen atoms in total. The zero-order chi connectivity index (χ0) is 13.1. The Bertz CT molecular complexity index is 449. The van der Waals surface area contributed by atoms with Crippen molar-refractivity contribution in [1.29, 1.82) is 0 Å². The van der Waals surface area contributed by atoms with Crippen molar-refractivity contribution in [3.05, 3.63) is 33.3 Å². The quantitative estimate of drug-likeness (QED) is 0.923. The molecule has 98 valence electrons. The van der Waals surface area contributed by atoms with E-state index in [0.717, 1.165) is 4.47 Å². The van der Waals surface area contributed by atoms with Gasteiger partial charge in [0.1, 0.15) is 6.04 Å². The Hall–Kier alpha value is -0.620. The third-order valence-electron chi connectivity index (χ3n) is 2.90.